The summed E-state index contributed by atoms with van der Waals surface area (Å²) in [5.74, 6) is 0. The van der Waals surface area contributed by atoms with Crippen LogP contribution in [0.2, 0.25) is 0 Å². The Morgan fingerprint density at radius 3 is 2.26 bits per heavy atom. The van der Waals surface area contributed by atoms with E-state index in [1.807, 2.05) is 0 Å². The van der Waals surface area contributed by atoms with E-state index in [4.69, 9.17) is 0 Å². The van der Waals surface area contributed by atoms with Crippen molar-refractivity contribution in [2.24, 2.45) is 0 Å². The first kappa shape index (κ1) is 16.7. The fraction of sp³-hybridized carbons (Fsp3) is 0.545. The average molecular weight is 359 g/mol. The summed E-state index contributed by atoms with van der Waals surface area (Å²) in [6, 6.07) is 0.651. The summed E-state index contributed by atoms with van der Waals surface area (Å²) in [5, 5.41) is 0. The van der Waals surface area contributed by atoms with Crippen molar-refractivity contribution in [3.8, 4) is 0 Å². The third-order valence-electron chi connectivity index (χ3n) is 2.15. The van der Waals surface area contributed by atoms with Crippen LogP contribution in [0.15, 0.2) is 22.8 Å². The molecule has 0 bridgehead atoms. The van der Waals surface area contributed by atoms with Crippen molar-refractivity contribution < 1.29 is 17.7 Å². The van der Waals surface area contributed by atoms with Gasteiger partial charge < -0.3 is 4.55 Å². The van der Waals surface area contributed by atoms with E-state index in [9.17, 15) is 17.7 Å². The number of pyridine rings is 1. The Balaban J connectivity index is 3.00. The number of nitrogens with zero attached hydrogens (tertiary/aromatic N) is 1. The molecular weight excluding hydrogens is 345 g/mol. The molecule has 1 N–H and O–H groups in total. The quantitative estimate of drug-likeness (QED) is 0.841. The number of halogens is 4. The van der Waals surface area contributed by atoms with Crippen LogP contribution in [0.1, 0.15) is 32.5 Å². The van der Waals surface area contributed by atoms with Gasteiger partial charge in [0, 0.05) is 22.0 Å². The van der Waals surface area contributed by atoms with E-state index in [2.05, 4.69) is 25.6 Å². The van der Waals surface area contributed by atoms with E-state index in [1.54, 1.807) is 20.8 Å². The van der Waals surface area contributed by atoms with E-state index < -0.39 is 28.3 Å². The highest BCUT2D eigenvalue weighted by atomic mass is 79.9. The summed E-state index contributed by atoms with van der Waals surface area (Å²) in [6.45, 7) is 4.79. The van der Waals surface area contributed by atoms with Crippen molar-refractivity contribution >= 4 is 27.3 Å². The minimum absolute atomic E-state index is 0.215. The summed E-state index contributed by atoms with van der Waals surface area (Å²) in [7, 11) is 0. The molecular formula is C11H14BrF3N2OS. The van der Waals surface area contributed by atoms with Crippen molar-refractivity contribution in [2.45, 2.75) is 37.7 Å². The monoisotopic (exact) mass is 358 g/mol. The van der Waals surface area contributed by atoms with Crippen LogP contribution in [0.5, 0.6) is 0 Å². The van der Waals surface area contributed by atoms with E-state index in [0.29, 0.717) is 4.47 Å². The van der Waals surface area contributed by atoms with Gasteiger partial charge in [-0.05, 0) is 48.8 Å². The highest BCUT2D eigenvalue weighted by Crippen LogP contribution is 2.33. The average Bonchev–Trinajstić information content (AvgIpc) is 2.24. The van der Waals surface area contributed by atoms with Gasteiger partial charge in [0.2, 0.25) is 0 Å². The molecule has 0 saturated carbocycles. The zero-order valence-electron chi connectivity index (χ0n) is 10.6. The summed E-state index contributed by atoms with van der Waals surface area (Å²) in [5.41, 5.74) is -0.215. The number of aromatic nitrogens is 1. The van der Waals surface area contributed by atoms with Crippen molar-refractivity contribution in [2.75, 3.05) is 0 Å². The lowest BCUT2D eigenvalue weighted by Gasteiger charge is -2.28. The first-order chi connectivity index (χ1) is 8.51. The molecule has 0 aromatic carbocycles. The van der Waals surface area contributed by atoms with Crippen molar-refractivity contribution in [3.05, 3.63) is 28.5 Å². The van der Waals surface area contributed by atoms with Crippen LogP contribution in [0, 0.1) is 0 Å². The molecule has 0 radical (unpaired) electrons. The first-order valence-corrected chi connectivity index (χ1v) is 7.32. The Morgan fingerprint density at radius 2 is 1.89 bits per heavy atom. The van der Waals surface area contributed by atoms with E-state index in [0.717, 1.165) is 0 Å². The molecule has 2 unspecified atom stereocenters. The lowest BCUT2D eigenvalue weighted by atomic mass is 10.2. The topological polar surface area (TPSA) is 48.0 Å². The second-order valence-corrected chi connectivity index (χ2v) is 7.79. The van der Waals surface area contributed by atoms with Gasteiger partial charge in [-0.15, -0.1) is 4.72 Å². The minimum atomic E-state index is -4.57. The van der Waals surface area contributed by atoms with Crippen molar-refractivity contribution in [1.29, 1.82) is 0 Å². The fourth-order valence-electron chi connectivity index (χ4n) is 1.14. The van der Waals surface area contributed by atoms with Crippen LogP contribution in [-0.4, -0.2) is 20.5 Å². The number of nitrogens with one attached hydrogen (secondary N) is 1. The van der Waals surface area contributed by atoms with Gasteiger partial charge in [-0.1, -0.05) is 0 Å². The predicted molar refractivity (Wildman–Crippen MR) is 71.8 cm³/mol. The smallest absolute Gasteiger partial charge is 0.413 e. The molecule has 0 spiro atoms. The summed E-state index contributed by atoms with van der Waals surface area (Å²) < 4.78 is 52.7. The predicted octanol–water partition coefficient (Wildman–Crippen LogP) is 3.50. The summed E-state index contributed by atoms with van der Waals surface area (Å²) in [4.78, 5) is 3.72. The van der Waals surface area contributed by atoms with Gasteiger partial charge in [-0.25, -0.2) is 0 Å². The van der Waals surface area contributed by atoms with Gasteiger partial charge in [0.15, 0.2) is 6.04 Å². The third-order valence-corrected chi connectivity index (χ3v) is 4.19. The van der Waals surface area contributed by atoms with Crippen LogP contribution in [0.4, 0.5) is 13.2 Å². The Hall–Kier alpha value is -0.310. The number of hydrogen-bond donors (Lipinski definition) is 1. The third kappa shape index (κ3) is 4.94. The molecule has 3 nitrogen and oxygen atoms in total. The largest absolute Gasteiger partial charge is 0.598 e. The molecule has 0 aliphatic rings. The van der Waals surface area contributed by atoms with Crippen LogP contribution < -0.4 is 4.72 Å². The van der Waals surface area contributed by atoms with Crippen LogP contribution in [0.3, 0.4) is 0 Å². The SMILES string of the molecule is CC(C)(C)[S+]([O-])NC(c1ccc(Br)cn1)C(F)(F)F. The molecule has 8 heteroatoms. The molecule has 19 heavy (non-hydrogen) atoms. The lowest BCUT2D eigenvalue weighted by molar-refractivity contribution is -0.153. The maximum atomic E-state index is 13.0. The maximum Gasteiger partial charge on any atom is 0.413 e. The van der Waals surface area contributed by atoms with Gasteiger partial charge in [-0.3, -0.25) is 4.98 Å². The normalized spacial score (nSPS) is 16.2. The molecule has 2 atom stereocenters. The number of alkyl halides is 3. The molecule has 0 fully saturated rings. The van der Waals surface area contributed by atoms with Crippen molar-refractivity contribution in [1.82, 2.24) is 9.71 Å². The maximum absolute atomic E-state index is 13.0. The van der Waals surface area contributed by atoms with Gasteiger partial charge in [-0.2, -0.15) is 13.2 Å². The van der Waals surface area contributed by atoms with Gasteiger partial charge >= 0.3 is 6.18 Å². The molecule has 108 valence electrons. The molecule has 0 aliphatic carbocycles. The number of rotatable bonds is 3. The van der Waals surface area contributed by atoms with Crippen LogP contribution >= 0.6 is 15.9 Å². The van der Waals surface area contributed by atoms with E-state index >= 15 is 0 Å². The second-order valence-electron chi connectivity index (χ2n) is 4.87. The zero-order valence-corrected chi connectivity index (χ0v) is 13.0. The molecule has 1 rings (SSSR count). The molecule has 0 amide bonds. The zero-order chi connectivity index (χ0) is 14.8. The van der Waals surface area contributed by atoms with E-state index in [-0.39, 0.29) is 5.69 Å². The molecule has 1 aromatic heterocycles. The van der Waals surface area contributed by atoms with Gasteiger partial charge in [0.1, 0.15) is 4.75 Å². The Labute approximate surface area is 121 Å². The lowest BCUT2D eigenvalue weighted by Crippen LogP contribution is -2.45. The summed E-state index contributed by atoms with van der Waals surface area (Å²) in [6.07, 6.45) is -3.29. The van der Waals surface area contributed by atoms with Crippen LogP contribution in [-0.2, 0) is 11.4 Å². The Bertz CT molecular complexity index is 419. The van der Waals surface area contributed by atoms with Gasteiger partial charge in [0.25, 0.3) is 0 Å². The van der Waals surface area contributed by atoms with Gasteiger partial charge in [0.05, 0.1) is 5.69 Å². The summed E-state index contributed by atoms with van der Waals surface area (Å²) >= 11 is 1.26. The van der Waals surface area contributed by atoms with E-state index in [1.165, 1.54) is 18.3 Å². The highest BCUT2D eigenvalue weighted by molar-refractivity contribution is 9.10. The minimum Gasteiger partial charge on any atom is -0.598 e. The molecule has 1 heterocycles. The second kappa shape index (κ2) is 5.99. The van der Waals surface area contributed by atoms with Crippen LogP contribution in [0.25, 0.3) is 0 Å². The molecule has 1 aromatic rings. The standard InChI is InChI=1S/C11H14BrF3N2OS/c1-10(2,3)19(18)17-9(11(13,14)15)8-5-4-7(12)6-16-8/h4-6,9,17H,1-3H3. The Morgan fingerprint density at radius 1 is 1.32 bits per heavy atom. The Kier molecular flexibility index (Phi) is 5.28. The fourth-order valence-corrected chi connectivity index (χ4v) is 2.19. The first-order valence-electron chi connectivity index (χ1n) is 5.38. The molecule has 0 aliphatic heterocycles. The number of hydrogen-bond acceptors (Lipinski definition) is 3. The molecule has 0 saturated heterocycles. The highest BCUT2D eigenvalue weighted by Gasteiger charge is 2.46. The van der Waals surface area contributed by atoms with Crippen molar-refractivity contribution in [3.63, 3.8) is 0 Å².